The Hall–Kier alpha value is -3.66. The molecule has 0 saturated carbocycles. The quantitative estimate of drug-likeness (QED) is 0.319. The Morgan fingerprint density at radius 2 is 1.71 bits per heavy atom. The van der Waals surface area contributed by atoms with Crippen molar-refractivity contribution < 1.29 is 23.7 Å². The summed E-state index contributed by atoms with van der Waals surface area (Å²) in [4.78, 5) is 12.6. The smallest absolute Gasteiger partial charge is 0.234 e. The topological polar surface area (TPSA) is 96.7 Å². The summed E-state index contributed by atoms with van der Waals surface area (Å²) in [7, 11) is 6.22. The molecule has 0 aliphatic rings. The van der Waals surface area contributed by atoms with E-state index in [4.69, 9.17) is 18.9 Å². The van der Waals surface area contributed by atoms with Crippen LogP contribution in [0.4, 0.5) is 5.69 Å². The number of benzene rings is 2. The first-order chi connectivity index (χ1) is 16.4. The number of nitrogens with zero attached hydrogens (tertiary/aromatic N) is 3. The molecular weight excluding hydrogens is 456 g/mol. The number of methoxy groups -OCH3 is 4. The van der Waals surface area contributed by atoms with Gasteiger partial charge in [0.2, 0.25) is 11.7 Å². The summed E-state index contributed by atoms with van der Waals surface area (Å²) >= 11 is 1.28. The van der Waals surface area contributed by atoms with Crippen molar-refractivity contribution in [2.45, 2.75) is 18.6 Å². The summed E-state index contributed by atoms with van der Waals surface area (Å²) in [6.07, 6.45) is 1.74. The van der Waals surface area contributed by atoms with Crippen molar-refractivity contribution in [1.29, 1.82) is 0 Å². The average Bonchev–Trinajstić information content (AvgIpc) is 3.24. The van der Waals surface area contributed by atoms with Crippen LogP contribution in [0.2, 0.25) is 0 Å². The molecule has 0 atom stereocenters. The minimum absolute atomic E-state index is 0.141. The molecule has 1 N–H and O–H groups in total. The summed E-state index contributed by atoms with van der Waals surface area (Å²) in [5.41, 5.74) is 2.37. The van der Waals surface area contributed by atoms with Crippen molar-refractivity contribution >= 4 is 23.4 Å². The maximum atomic E-state index is 12.6. The van der Waals surface area contributed by atoms with Gasteiger partial charge in [-0.15, -0.1) is 16.8 Å². The average molecular weight is 485 g/mol. The van der Waals surface area contributed by atoms with E-state index in [9.17, 15) is 4.79 Å². The Labute approximate surface area is 203 Å². The van der Waals surface area contributed by atoms with Gasteiger partial charge in [0.15, 0.2) is 22.5 Å². The van der Waals surface area contributed by atoms with Crippen molar-refractivity contribution in [3.05, 3.63) is 48.6 Å². The van der Waals surface area contributed by atoms with Crippen LogP contribution in [0, 0.1) is 6.92 Å². The zero-order chi connectivity index (χ0) is 24.7. The Kier molecular flexibility index (Phi) is 8.42. The molecular formula is C24H28N4O5S. The van der Waals surface area contributed by atoms with Crippen molar-refractivity contribution in [3.8, 4) is 34.4 Å². The number of carbonyl (C=O) groups is 1. The predicted molar refractivity (Wildman–Crippen MR) is 132 cm³/mol. The number of ether oxygens (including phenoxy) is 4. The van der Waals surface area contributed by atoms with Crippen LogP contribution in [-0.2, 0) is 11.3 Å². The molecule has 1 heterocycles. The van der Waals surface area contributed by atoms with Gasteiger partial charge in [-0.2, -0.15) is 0 Å². The second-order valence-electron chi connectivity index (χ2n) is 7.16. The van der Waals surface area contributed by atoms with Crippen LogP contribution < -0.4 is 24.3 Å². The first-order valence-corrected chi connectivity index (χ1v) is 11.4. The molecule has 9 nitrogen and oxygen atoms in total. The SMILES string of the molecule is C=CCn1c(SCC(=O)Nc2cc(C)ccc2OC)nnc1-c1cc(OC)c(OC)c(OC)c1. The summed E-state index contributed by atoms with van der Waals surface area (Å²) in [5, 5.41) is 12.1. The number of anilines is 1. The second-order valence-corrected chi connectivity index (χ2v) is 8.10. The van der Waals surface area contributed by atoms with Crippen LogP contribution in [0.15, 0.2) is 48.1 Å². The molecule has 0 spiro atoms. The van der Waals surface area contributed by atoms with Gasteiger partial charge in [0.1, 0.15) is 5.75 Å². The van der Waals surface area contributed by atoms with Gasteiger partial charge in [-0.25, -0.2) is 0 Å². The summed E-state index contributed by atoms with van der Waals surface area (Å²) in [6.45, 7) is 6.24. The second kappa shape index (κ2) is 11.5. The zero-order valence-corrected chi connectivity index (χ0v) is 20.7. The van der Waals surface area contributed by atoms with Crippen molar-refractivity contribution in [2.75, 3.05) is 39.5 Å². The molecule has 1 aromatic heterocycles. The molecule has 0 aliphatic carbocycles. The fraction of sp³-hybridized carbons (Fsp3) is 0.292. The van der Waals surface area contributed by atoms with E-state index in [0.717, 1.165) is 11.1 Å². The third-order valence-electron chi connectivity index (χ3n) is 4.91. The van der Waals surface area contributed by atoms with Gasteiger partial charge >= 0.3 is 0 Å². The fourth-order valence-corrected chi connectivity index (χ4v) is 4.10. The number of allylic oxidation sites excluding steroid dienone is 1. The van der Waals surface area contributed by atoms with Crippen molar-refractivity contribution in [1.82, 2.24) is 14.8 Å². The lowest BCUT2D eigenvalue weighted by Gasteiger charge is -2.14. The highest BCUT2D eigenvalue weighted by Gasteiger charge is 2.20. The Balaban J connectivity index is 1.84. The van der Waals surface area contributed by atoms with E-state index in [2.05, 4.69) is 22.1 Å². The van der Waals surface area contributed by atoms with Crippen molar-refractivity contribution in [3.63, 3.8) is 0 Å². The van der Waals surface area contributed by atoms with E-state index in [0.29, 0.717) is 46.2 Å². The molecule has 0 aliphatic heterocycles. The van der Waals surface area contributed by atoms with E-state index in [1.165, 1.54) is 11.8 Å². The number of nitrogens with one attached hydrogen (secondary N) is 1. The van der Waals surface area contributed by atoms with Gasteiger partial charge < -0.3 is 24.3 Å². The number of rotatable bonds is 11. The largest absolute Gasteiger partial charge is 0.495 e. The Morgan fingerprint density at radius 3 is 2.29 bits per heavy atom. The number of thioether (sulfide) groups is 1. The van der Waals surface area contributed by atoms with Crippen LogP contribution >= 0.6 is 11.8 Å². The van der Waals surface area contributed by atoms with Gasteiger partial charge in [0.05, 0.1) is 39.9 Å². The highest BCUT2D eigenvalue weighted by molar-refractivity contribution is 7.99. The first-order valence-electron chi connectivity index (χ1n) is 10.4. The molecule has 0 saturated heterocycles. The van der Waals surface area contributed by atoms with E-state index >= 15 is 0 Å². The zero-order valence-electron chi connectivity index (χ0n) is 19.9. The van der Waals surface area contributed by atoms with E-state index in [1.54, 1.807) is 46.6 Å². The molecule has 34 heavy (non-hydrogen) atoms. The van der Waals surface area contributed by atoms with Crippen LogP contribution in [0.1, 0.15) is 5.56 Å². The monoisotopic (exact) mass is 484 g/mol. The normalized spacial score (nSPS) is 10.5. The van der Waals surface area contributed by atoms with Gasteiger partial charge in [-0.3, -0.25) is 9.36 Å². The molecule has 0 radical (unpaired) electrons. The van der Waals surface area contributed by atoms with Crippen LogP contribution in [0.25, 0.3) is 11.4 Å². The number of aryl methyl sites for hydroxylation is 1. The molecule has 2 aromatic carbocycles. The molecule has 3 aromatic rings. The fourth-order valence-electron chi connectivity index (χ4n) is 3.35. The Morgan fingerprint density at radius 1 is 1.03 bits per heavy atom. The number of carbonyl (C=O) groups excluding carboxylic acids is 1. The number of amides is 1. The van der Waals surface area contributed by atoms with Gasteiger partial charge in [-0.05, 0) is 36.8 Å². The summed E-state index contributed by atoms with van der Waals surface area (Å²) in [6, 6.07) is 9.21. The lowest BCUT2D eigenvalue weighted by atomic mass is 10.1. The number of hydrogen-bond donors (Lipinski definition) is 1. The maximum absolute atomic E-state index is 12.6. The highest BCUT2D eigenvalue weighted by atomic mass is 32.2. The molecule has 180 valence electrons. The minimum Gasteiger partial charge on any atom is -0.495 e. The Bertz CT molecular complexity index is 1150. The molecule has 10 heteroatoms. The van der Waals surface area contributed by atoms with Crippen LogP contribution in [0.3, 0.4) is 0 Å². The molecule has 0 fully saturated rings. The summed E-state index contributed by atoms with van der Waals surface area (Å²) < 4.78 is 23.5. The molecule has 3 rings (SSSR count). The predicted octanol–water partition coefficient (Wildman–Crippen LogP) is 4.20. The molecule has 1 amide bonds. The maximum Gasteiger partial charge on any atom is 0.234 e. The van der Waals surface area contributed by atoms with Crippen LogP contribution in [0.5, 0.6) is 23.0 Å². The number of aromatic nitrogens is 3. The van der Waals surface area contributed by atoms with Gasteiger partial charge in [0, 0.05) is 12.1 Å². The van der Waals surface area contributed by atoms with Gasteiger partial charge in [0.25, 0.3) is 0 Å². The molecule has 0 bridgehead atoms. The minimum atomic E-state index is -0.184. The first kappa shape index (κ1) is 25.0. The summed E-state index contributed by atoms with van der Waals surface area (Å²) in [5.74, 6) is 2.64. The molecule has 0 unspecified atom stereocenters. The van der Waals surface area contributed by atoms with E-state index in [-0.39, 0.29) is 11.7 Å². The van der Waals surface area contributed by atoms with E-state index < -0.39 is 0 Å². The third kappa shape index (κ3) is 5.45. The lowest BCUT2D eigenvalue weighted by molar-refractivity contribution is -0.113. The van der Waals surface area contributed by atoms with Crippen LogP contribution in [-0.4, -0.2) is 54.9 Å². The van der Waals surface area contributed by atoms with Crippen molar-refractivity contribution in [2.24, 2.45) is 0 Å². The highest BCUT2D eigenvalue weighted by Crippen LogP contribution is 2.41. The lowest BCUT2D eigenvalue weighted by Crippen LogP contribution is -2.15. The standard InChI is InChI=1S/C24H28N4O5S/c1-7-10-28-23(16-12-19(31-4)22(33-6)20(13-16)32-5)26-27-24(28)34-14-21(29)25-17-11-15(2)8-9-18(17)30-3/h7-9,11-13H,1,10,14H2,2-6H3,(H,25,29). The third-order valence-corrected chi connectivity index (χ3v) is 5.88. The van der Waals surface area contributed by atoms with E-state index in [1.807, 2.05) is 29.7 Å². The number of hydrogen-bond acceptors (Lipinski definition) is 8. The van der Waals surface area contributed by atoms with Gasteiger partial charge in [-0.1, -0.05) is 23.9 Å².